The largest absolute Gasteiger partial charge is 0.454 e. The summed E-state index contributed by atoms with van der Waals surface area (Å²) in [4.78, 5) is 19.7. The Balaban J connectivity index is 1.30. The molecule has 1 atom stereocenters. The molecule has 48 heavy (non-hydrogen) atoms. The Morgan fingerprint density at radius 2 is 1.65 bits per heavy atom. The van der Waals surface area contributed by atoms with Crippen LogP contribution >= 0.6 is 0 Å². The predicted octanol–water partition coefficient (Wildman–Crippen LogP) is 8.34. The topological polar surface area (TPSA) is 77.9 Å². The quantitative estimate of drug-likeness (QED) is 0.147. The van der Waals surface area contributed by atoms with Gasteiger partial charge in [-0.25, -0.2) is 9.78 Å². The second-order valence-corrected chi connectivity index (χ2v) is 12.3. The summed E-state index contributed by atoms with van der Waals surface area (Å²) in [6.07, 6.45) is 3.37. The Morgan fingerprint density at radius 1 is 0.896 bits per heavy atom. The van der Waals surface area contributed by atoms with Crippen molar-refractivity contribution in [2.24, 2.45) is 0 Å². The third-order valence-electron chi connectivity index (χ3n) is 9.11. The highest BCUT2D eigenvalue weighted by Crippen LogP contribution is 2.38. The number of unbranched alkanes of at least 4 members (excludes halogenated alkanes) is 1. The summed E-state index contributed by atoms with van der Waals surface area (Å²) in [7, 11) is 0. The highest BCUT2D eigenvalue weighted by atomic mass is 16.7. The van der Waals surface area contributed by atoms with Gasteiger partial charge in [0, 0.05) is 30.8 Å². The van der Waals surface area contributed by atoms with Crippen LogP contribution in [-0.2, 0) is 30.7 Å². The molecule has 0 aliphatic carbocycles. The zero-order chi connectivity index (χ0) is 32.9. The van der Waals surface area contributed by atoms with Gasteiger partial charge in [-0.2, -0.15) is 0 Å². The minimum Gasteiger partial charge on any atom is -0.454 e. The molecule has 246 valence electrons. The number of benzene rings is 4. The molecule has 0 saturated carbocycles. The molecule has 1 aromatic heterocycles. The minimum absolute atomic E-state index is 0.0771. The van der Waals surface area contributed by atoms with Crippen LogP contribution in [0.4, 0.5) is 10.5 Å². The molecule has 1 N–H and O–H groups in total. The van der Waals surface area contributed by atoms with E-state index in [0.717, 1.165) is 77.6 Å². The summed E-state index contributed by atoms with van der Waals surface area (Å²) in [5.41, 5.74) is 8.77. The molecule has 7 rings (SSSR count). The van der Waals surface area contributed by atoms with E-state index in [9.17, 15) is 4.79 Å². The number of ether oxygens (including phenoxy) is 3. The Morgan fingerprint density at radius 3 is 2.42 bits per heavy atom. The Kier molecular flexibility index (Phi) is 9.43. The van der Waals surface area contributed by atoms with Crippen LogP contribution < -0.4 is 19.7 Å². The molecule has 5 aromatic rings. The number of amides is 1. The molecule has 2 aliphatic heterocycles. The van der Waals surface area contributed by atoms with Gasteiger partial charge in [-0.3, -0.25) is 4.90 Å². The second-order valence-electron chi connectivity index (χ2n) is 12.3. The van der Waals surface area contributed by atoms with E-state index < -0.39 is 0 Å². The molecular weight excluding hydrogens is 600 g/mol. The molecule has 1 amide bonds. The van der Waals surface area contributed by atoms with Gasteiger partial charge in [0.2, 0.25) is 6.79 Å². The molecule has 8 nitrogen and oxygen atoms in total. The zero-order valence-corrected chi connectivity index (χ0v) is 27.7. The maximum Gasteiger partial charge on any atom is 0.414 e. The number of rotatable bonds is 12. The second kappa shape index (κ2) is 14.4. The Bertz CT molecular complexity index is 1870. The van der Waals surface area contributed by atoms with Gasteiger partial charge in [0.25, 0.3) is 0 Å². The van der Waals surface area contributed by atoms with Crippen molar-refractivity contribution in [1.29, 1.82) is 0 Å². The Hall–Kier alpha value is -5.08. The van der Waals surface area contributed by atoms with Crippen molar-refractivity contribution in [3.8, 4) is 34.1 Å². The van der Waals surface area contributed by atoms with Crippen molar-refractivity contribution in [3.05, 3.63) is 119 Å². The van der Waals surface area contributed by atoms with Gasteiger partial charge < -0.3 is 24.1 Å². The van der Waals surface area contributed by atoms with Crippen LogP contribution in [0, 0.1) is 0 Å². The van der Waals surface area contributed by atoms with Crippen molar-refractivity contribution in [2.75, 3.05) is 24.8 Å². The van der Waals surface area contributed by atoms with E-state index in [1.807, 2.05) is 13.0 Å². The van der Waals surface area contributed by atoms with Gasteiger partial charge in [-0.05, 0) is 61.1 Å². The van der Waals surface area contributed by atoms with Gasteiger partial charge in [0.15, 0.2) is 11.5 Å². The van der Waals surface area contributed by atoms with Crippen LogP contribution in [0.15, 0.2) is 97.1 Å². The van der Waals surface area contributed by atoms with Crippen molar-refractivity contribution in [2.45, 2.75) is 58.7 Å². The molecule has 0 fully saturated rings. The van der Waals surface area contributed by atoms with E-state index in [1.54, 1.807) is 4.90 Å². The third-order valence-corrected chi connectivity index (χ3v) is 9.11. The first-order chi connectivity index (χ1) is 23.6. The number of carbonyl (C=O) groups is 1. The molecule has 0 bridgehead atoms. The van der Waals surface area contributed by atoms with Gasteiger partial charge in [0.05, 0.1) is 29.7 Å². The normalized spacial score (nSPS) is 13.8. The number of aromatic nitrogens is 2. The van der Waals surface area contributed by atoms with Crippen LogP contribution in [0.5, 0.6) is 11.5 Å². The maximum atomic E-state index is 12.5. The van der Waals surface area contributed by atoms with Crippen molar-refractivity contribution >= 4 is 11.8 Å². The van der Waals surface area contributed by atoms with E-state index in [2.05, 4.69) is 108 Å². The van der Waals surface area contributed by atoms with Crippen molar-refractivity contribution in [3.63, 3.8) is 0 Å². The molecule has 2 aliphatic rings. The zero-order valence-electron chi connectivity index (χ0n) is 27.7. The van der Waals surface area contributed by atoms with Crippen LogP contribution in [0.2, 0.25) is 0 Å². The van der Waals surface area contributed by atoms with Crippen LogP contribution in [0.3, 0.4) is 0 Å². The number of nitrogens with one attached hydrogen (secondary N) is 1. The van der Waals surface area contributed by atoms with E-state index in [4.69, 9.17) is 19.2 Å². The standard InChI is InChI=1S/C40H42N4O4/c1-3-5-21-44-38(37(30-12-8-6-9-13-30)42-39(44)31-14-10-7-11-15-31)33(24-28-17-19-35-36(25-28)48-27-47-35)41-26-29-16-18-34-32(23-29)20-22-43(34)40(45)46-4-2/h6-19,23,25,33,41H,3-5,20-22,24,26-27H2,1-2H3. The summed E-state index contributed by atoms with van der Waals surface area (Å²) in [6.45, 7) is 6.82. The summed E-state index contributed by atoms with van der Waals surface area (Å²) >= 11 is 0. The lowest BCUT2D eigenvalue weighted by molar-refractivity contribution is 0.160. The third kappa shape index (κ3) is 6.53. The highest BCUT2D eigenvalue weighted by Gasteiger charge is 2.29. The molecule has 0 saturated heterocycles. The first-order valence-electron chi connectivity index (χ1n) is 17.0. The van der Waals surface area contributed by atoms with E-state index in [1.165, 1.54) is 16.8 Å². The monoisotopic (exact) mass is 642 g/mol. The molecule has 0 spiro atoms. The SMILES string of the molecule is CCCCn1c(-c2ccccc2)nc(-c2ccccc2)c1C(Cc1ccc2c(c1)OCO2)NCc1ccc2c(c1)CCN2C(=O)OCC. The molecule has 4 aromatic carbocycles. The van der Waals surface area contributed by atoms with Crippen LogP contribution in [0.25, 0.3) is 22.6 Å². The number of hydrogen-bond acceptors (Lipinski definition) is 6. The summed E-state index contributed by atoms with van der Waals surface area (Å²) in [5, 5.41) is 3.97. The number of hydrogen-bond donors (Lipinski definition) is 1. The summed E-state index contributed by atoms with van der Waals surface area (Å²) in [5.74, 6) is 2.54. The number of fused-ring (bicyclic) bond motifs is 2. The highest BCUT2D eigenvalue weighted by molar-refractivity contribution is 5.90. The molecule has 8 heteroatoms. The first kappa shape index (κ1) is 31.5. The fraction of sp³-hybridized carbons (Fsp3) is 0.300. The summed E-state index contributed by atoms with van der Waals surface area (Å²) in [6, 6.07) is 33.6. The number of imidazole rings is 1. The molecule has 0 radical (unpaired) electrons. The lowest BCUT2D eigenvalue weighted by Crippen LogP contribution is -2.29. The predicted molar refractivity (Wildman–Crippen MR) is 188 cm³/mol. The van der Waals surface area contributed by atoms with Crippen molar-refractivity contribution in [1.82, 2.24) is 14.9 Å². The average molecular weight is 643 g/mol. The molecule has 1 unspecified atom stereocenters. The lowest BCUT2D eigenvalue weighted by atomic mass is 9.98. The molecular formula is C40H42N4O4. The van der Waals surface area contributed by atoms with Gasteiger partial charge in [0.1, 0.15) is 5.82 Å². The number of nitrogens with zero attached hydrogens (tertiary/aromatic N) is 3. The van der Waals surface area contributed by atoms with Crippen molar-refractivity contribution < 1.29 is 19.0 Å². The number of carbonyl (C=O) groups excluding carboxylic acids is 1. The van der Waals surface area contributed by atoms with E-state index in [-0.39, 0.29) is 18.9 Å². The van der Waals surface area contributed by atoms with Gasteiger partial charge in [-0.15, -0.1) is 0 Å². The average Bonchev–Trinajstić information content (AvgIpc) is 3.87. The van der Waals surface area contributed by atoms with E-state index in [0.29, 0.717) is 19.7 Å². The van der Waals surface area contributed by atoms with Gasteiger partial charge >= 0.3 is 6.09 Å². The van der Waals surface area contributed by atoms with Crippen LogP contribution in [-0.4, -0.2) is 35.6 Å². The lowest BCUT2D eigenvalue weighted by Gasteiger charge is -2.24. The Labute approximate surface area is 282 Å². The fourth-order valence-corrected chi connectivity index (χ4v) is 6.74. The summed E-state index contributed by atoms with van der Waals surface area (Å²) < 4.78 is 19.1. The molecule has 3 heterocycles. The first-order valence-corrected chi connectivity index (χ1v) is 17.0. The maximum absolute atomic E-state index is 12.5. The minimum atomic E-state index is -0.283. The van der Waals surface area contributed by atoms with Gasteiger partial charge in [-0.1, -0.05) is 92.2 Å². The fourth-order valence-electron chi connectivity index (χ4n) is 6.74. The van der Waals surface area contributed by atoms with E-state index >= 15 is 0 Å². The number of anilines is 1. The smallest absolute Gasteiger partial charge is 0.414 e. The van der Waals surface area contributed by atoms with Crippen LogP contribution in [0.1, 0.15) is 55.1 Å².